The van der Waals surface area contributed by atoms with Crippen molar-refractivity contribution in [2.24, 2.45) is 0 Å². The second-order valence-electron chi connectivity index (χ2n) is 4.41. The number of aromatic nitrogens is 2. The number of benzene rings is 1. The lowest BCUT2D eigenvalue weighted by Gasteiger charge is -2.11. The highest BCUT2D eigenvalue weighted by Gasteiger charge is 2.15. The van der Waals surface area contributed by atoms with Crippen LogP contribution >= 0.6 is 27.5 Å². The first-order chi connectivity index (χ1) is 10.1. The second kappa shape index (κ2) is 7.09. The molecule has 112 valence electrons. The smallest absolute Gasteiger partial charge is 0.164 e. The summed E-state index contributed by atoms with van der Waals surface area (Å²) < 4.78 is 11.3. The topological polar surface area (TPSA) is 44.2 Å². The standard InChI is InChI=1S/C15H16BrClN2O2/c1-4-5-11-13(16)14(17)19-15(18-11)10-7-6-9(20-2)8-12(10)21-3/h6-8H,4-5H2,1-3H3. The summed E-state index contributed by atoms with van der Waals surface area (Å²) in [7, 11) is 3.21. The van der Waals surface area contributed by atoms with Crippen molar-refractivity contribution in [1.82, 2.24) is 9.97 Å². The van der Waals surface area contributed by atoms with Gasteiger partial charge in [0, 0.05) is 6.07 Å². The van der Waals surface area contributed by atoms with E-state index in [9.17, 15) is 0 Å². The third kappa shape index (κ3) is 3.47. The zero-order chi connectivity index (χ0) is 15.4. The molecule has 0 atom stereocenters. The highest BCUT2D eigenvalue weighted by atomic mass is 79.9. The molecule has 0 radical (unpaired) electrons. The molecule has 0 saturated heterocycles. The molecule has 0 fully saturated rings. The number of aryl methyl sites for hydroxylation is 1. The molecular weight excluding hydrogens is 356 g/mol. The zero-order valence-electron chi connectivity index (χ0n) is 12.1. The quantitative estimate of drug-likeness (QED) is 0.724. The molecule has 1 heterocycles. The van der Waals surface area contributed by atoms with Gasteiger partial charge < -0.3 is 9.47 Å². The van der Waals surface area contributed by atoms with E-state index in [0.29, 0.717) is 22.5 Å². The maximum Gasteiger partial charge on any atom is 0.164 e. The van der Waals surface area contributed by atoms with E-state index in [-0.39, 0.29) is 0 Å². The number of methoxy groups -OCH3 is 2. The summed E-state index contributed by atoms with van der Waals surface area (Å²) in [5.74, 6) is 1.91. The third-order valence-corrected chi connectivity index (χ3v) is 4.35. The van der Waals surface area contributed by atoms with Crippen LogP contribution < -0.4 is 9.47 Å². The molecule has 0 aliphatic heterocycles. The van der Waals surface area contributed by atoms with E-state index in [1.807, 2.05) is 12.1 Å². The molecule has 0 amide bonds. The number of halogens is 2. The SMILES string of the molecule is CCCc1nc(-c2ccc(OC)cc2OC)nc(Cl)c1Br. The first-order valence-corrected chi connectivity index (χ1v) is 7.72. The largest absolute Gasteiger partial charge is 0.497 e. The summed E-state index contributed by atoms with van der Waals surface area (Å²) in [5.41, 5.74) is 1.68. The molecule has 0 unspecified atom stereocenters. The summed E-state index contributed by atoms with van der Waals surface area (Å²) in [6, 6.07) is 5.51. The van der Waals surface area contributed by atoms with Crippen molar-refractivity contribution in [3.8, 4) is 22.9 Å². The van der Waals surface area contributed by atoms with Crippen LogP contribution in [0.4, 0.5) is 0 Å². The van der Waals surface area contributed by atoms with Crippen molar-refractivity contribution in [3.05, 3.63) is 33.5 Å². The van der Waals surface area contributed by atoms with Crippen molar-refractivity contribution in [3.63, 3.8) is 0 Å². The maximum atomic E-state index is 6.20. The van der Waals surface area contributed by atoms with Gasteiger partial charge in [-0.2, -0.15) is 0 Å². The van der Waals surface area contributed by atoms with Crippen LogP contribution in [0.15, 0.2) is 22.7 Å². The maximum absolute atomic E-state index is 6.20. The molecule has 0 aliphatic rings. The van der Waals surface area contributed by atoms with E-state index >= 15 is 0 Å². The Labute approximate surface area is 137 Å². The van der Waals surface area contributed by atoms with E-state index in [0.717, 1.165) is 28.6 Å². The fraction of sp³-hybridized carbons (Fsp3) is 0.333. The average molecular weight is 372 g/mol. The van der Waals surface area contributed by atoms with Gasteiger partial charge in [0.25, 0.3) is 0 Å². The number of nitrogens with zero attached hydrogens (tertiary/aromatic N) is 2. The number of hydrogen-bond donors (Lipinski definition) is 0. The molecule has 0 spiro atoms. The lowest BCUT2D eigenvalue weighted by atomic mass is 10.1. The lowest BCUT2D eigenvalue weighted by molar-refractivity contribution is 0.395. The molecule has 0 bridgehead atoms. The van der Waals surface area contributed by atoms with E-state index in [1.165, 1.54) is 0 Å². The molecule has 0 saturated carbocycles. The molecule has 2 aromatic rings. The summed E-state index contributed by atoms with van der Waals surface area (Å²) in [5, 5.41) is 0.404. The fourth-order valence-corrected chi connectivity index (χ4v) is 2.53. The Kier molecular flexibility index (Phi) is 5.42. The van der Waals surface area contributed by atoms with Gasteiger partial charge in [0.05, 0.1) is 29.9 Å². The minimum atomic E-state index is 0.404. The van der Waals surface area contributed by atoms with Crippen molar-refractivity contribution in [1.29, 1.82) is 0 Å². The number of ether oxygens (including phenoxy) is 2. The van der Waals surface area contributed by atoms with Gasteiger partial charge >= 0.3 is 0 Å². The molecule has 0 N–H and O–H groups in total. The molecule has 6 heteroatoms. The molecular formula is C15H16BrClN2O2. The molecule has 0 aliphatic carbocycles. The first-order valence-electron chi connectivity index (χ1n) is 6.55. The summed E-state index contributed by atoms with van der Waals surface area (Å²) in [6.45, 7) is 2.09. The van der Waals surface area contributed by atoms with Gasteiger partial charge in [-0.25, -0.2) is 9.97 Å². The minimum Gasteiger partial charge on any atom is -0.497 e. The first kappa shape index (κ1) is 16.0. The monoisotopic (exact) mass is 370 g/mol. The predicted molar refractivity (Wildman–Crippen MR) is 87.3 cm³/mol. The Balaban J connectivity index is 2.56. The van der Waals surface area contributed by atoms with Crippen molar-refractivity contribution in [2.45, 2.75) is 19.8 Å². The van der Waals surface area contributed by atoms with Crippen LogP contribution in [0.1, 0.15) is 19.0 Å². The highest BCUT2D eigenvalue weighted by molar-refractivity contribution is 9.10. The molecule has 4 nitrogen and oxygen atoms in total. The lowest BCUT2D eigenvalue weighted by Crippen LogP contribution is -2.00. The minimum absolute atomic E-state index is 0.404. The second-order valence-corrected chi connectivity index (χ2v) is 5.57. The van der Waals surface area contributed by atoms with Crippen LogP contribution in [0.25, 0.3) is 11.4 Å². The summed E-state index contributed by atoms with van der Waals surface area (Å²) >= 11 is 9.63. The van der Waals surface area contributed by atoms with E-state index in [2.05, 4.69) is 32.8 Å². The fourth-order valence-electron chi connectivity index (χ4n) is 1.97. The van der Waals surface area contributed by atoms with Crippen LogP contribution in [0.3, 0.4) is 0 Å². The Morgan fingerprint density at radius 3 is 2.57 bits per heavy atom. The van der Waals surface area contributed by atoms with Crippen molar-refractivity contribution < 1.29 is 9.47 Å². The summed E-state index contributed by atoms with van der Waals surface area (Å²) in [4.78, 5) is 8.93. The van der Waals surface area contributed by atoms with Gasteiger partial charge in [-0.05, 0) is 34.5 Å². The van der Waals surface area contributed by atoms with Crippen LogP contribution in [0.2, 0.25) is 5.15 Å². The van der Waals surface area contributed by atoms with Crippen LogP contribution in [-0.2, 0) is 6.42 Å². The molecule has 1 aromatic heterocycles. The van der Waals surface area contributed by atoms with Gasteiger partial charge in [0.15, 0.2) is 5.82 Å². The van der Waals surface area contributed by atoms with E-state index in [1.54, 1.807) is 20.3 Å². The molecule has 2 rings (SSSR count). The Hall–Kier alpha value is -1.33. The van der Waals surface area contributed by atoms with E-state index in [4.69, 9.17) is 21.1 Å². The van der Waals surface area contributed by atoms with Crippen molar-refractivity contribution >= 4 is 27.5 Å². The Morgan fingerprint density at radius 2 is 1.95 bits per heavy atom. The van der Waals surface area contributed by atoms with Crippen LogP contribution in [0, 0.1) is 0 Å². The van der Waals surface area contributed by atoms with Gasteiger partial charge in [-0.3, -0.25) is 0 Å². The number of rotatable bonds is 5. The zero-order valence-corrected chi connectivity index (χ0v) is 14.5. The van der Waals surface area contributed by atoms with Gasteiger partial charge in [0.1, 0.15) is 16.7 Å². The highest BCUT2D eigenvalue weighted by Crippen LogP contribution is 2.34. The van der Waals surface area contributed by atoms with Crippen molar-refractivity contribution in [2.75, 3.05) is 14.2 Å². The predicted octanol–water partition coefficient (Wildman–Crippen LogP) is 4.53. The molecule has 21 heavy (non-hydrogen) atoms. The average Bonchev–Trinajstić information content (AvgIpc) is 2.51. The molecule has 1 aromatic carbocycles. The normalized spacial score (nSPS) is 10.5. The Bertz CT molecular complexity index is 650. The third-order valence-electron chi connectivity index (χ3n) is 3.02. The van der Waals surface area contributed by atoms with E-state index < -0.39 is 0 Å². The van der Waals surface area contributed by atoms with Crippen LogP contribution in [-0.4, -0.2) is 24.2 Å². The number of hydrogen-bond acceptors (Lipinski definition) is 4. The van der Waals surface area contributed by atoms with Gasteiger partial charge in [0.2, 0.25) is 0 Å². The summed E-state index contributed by atoms with van der Waals surface area (Å²) in [6.07, 6.45) is 1.80. The van der Waals surface area contributed by atoms with Crippen LogP contribution in [0.5, 0.6) is 11.5 Å². The Morgan fingerprint density at radius 1 is 1.19 bits per heavy atom. The van der Waals surface area contributed by atoms with Gasteiger partial charge in [-0.1, -0.05) is 24.9 Å². The van der Waals surface area contributed by atoms with Gasteiger partial charge in [-0.15, -0.1) is 0 Å².